The number of hydrogen-bond acceptors (Lipinski definition) is 4. The second-order valence-electron chi connectivity index (χ2n) is 4.53. The van der Waals surface area contributed by atoms with Gasteiger partial charge in [-0.25, -0.2) is 0 Å². The van der Waals surface area contributed by atoms with E-state index in [0.717, 1.165) is 19.4 Å². The van der Waals surface area contributed by atoms with Crippen LogP contribution in [-0.4, -0.2) is 26.1 Å². The van der Waals surface area contributed by atoms with Gasteiger partial charge < -0.3 is 15.4 Å². The molecule has 100 valence electrons. The van der Waals surface area contributed by atoms with Crippen LogP contribution < -0.4 is 15.4 Å². The molecule has 5 heteroatoms. The number of benzene rings is 1. The van der Waals surface area contributed by atoms with E-state index < -0.39 is 0 Å². The third kappa shape index (κ3) is 3.04. The molecule has 1 atom stereocenters. The highest BCUT2D eigenvalue weighted by Crippen LogP contribution is 2.28. The summed E-state index contributed by atoms with van der Waals surface area (Å²) in [4.78, 5) is 12.2. The van der Waals surface area contributed by atoms with E-state index in [1.54, 1.807) is 18.2 Å². The third-order valence-electron chi connectivity index (χ3n) is 3.28. The van der Waals surface area contributed by atoms with Gasteiger partial charge in [0.15, 0.2) is 0 Å². The topological polar surface area (TPSA) is 74.1 Å². The molecule has 2 N–H and O–H groups in total. The van der Waals surface area contributed by atoms with Gasteiger partial charge in [-0.15, -0.1) is 0 Å². The van der Waals surface area contributed by atoms with Crippen molar-refractivity contribution in [2.24, 2.45) is 5.92 Å². The lowest BCUT2D eigenvalue weighted by molar-refractivity contribution is -0.120. The van der Waals surface area contributed by atoms with Crippen LogP contribution in [0.4, 0.5) is 5.69 Å². The van der Waals surface area contributed by atoms with Crippen LogP contribution in [0.25, 0.3) is 0 Å². The molecule has 2 rings (SSSR count). The van der Waals surface area contributed by atoms with Crippen LogP contribution >= 0.6 is 0 Å². The number of hydrogen-bond donors (Lipinski definition) is 2. The highest BCUT2D eigenvalue weighted by atomic mass is 16.5. The largest absolute Gasteiger partial charge is 0.495 e. The Morgan fingerprint density at radius 3 is 3.05 bits per heavy atom. The van der Waals surface area contributed by atoms with Gasteiger partial charge in [0.1, 0.15) is 17.5 Å². The minimum absolute atomic E-state index is 0.0507. The standard InChI is InChI=1S/C14H17N3O2/c1-19-12-6-2-4-10(8-15)13(12)17-14(18)11-5-3-7-16-9-11/h2,4,6,11,16H,3,5,7,9H2,1H3,(H,17,18)/t11-/m1/s1. The summed E-state index contributed by atoms with van der Waals surface area (Å²) >= 11 is 0. The van der Waals surface area contributed by atoms with Crippen molar-refractivity contribution in [1.29, 1.82) is 5.26 Å². The zero-order valence-electron chi connectivity index (χ0n) is 10.9. The molecule has 0 radical (unpaired) electrons. The Hall–Kier alpha value is -2.06. The van der Waals surface area contributed by atoms with Gasteiger partial charge in [0.2, 0.25) is 5.91 Å². The van der Waals surface area contributed by atoms with Gasteiger partial charge in [-0.05, 0) is 31.5 Å². The number of rotatable bonds is 3. The molecule has 5 nitrogen and oxygen atoms in total. The van der Waals surface area contributed by atoms with Crippen molar-refractivity contribution < 1.29 is 9.53 Å². The summed E-state index contributed by atoms with van der Waals surface area (Å²) in [7, 11) is 1.52. The van der Waals surface area contributed by atoms with Gasteiger partial charge in [0.05, 0.1) is 18.6 Å². The number of ether oxygens (including phenoxy) is 1. The zero-order chi connectivity index (χ0) is 13.7. The van der Waals surface area contributed by atoms with Crippen LogP contribution in [0.5, 0.6) is 5.75 Å². The van der Waals surface area contributed by atoms with Crippen molar-refractivity contribution in [3.05, 3.63) is 23.8 Å². The van der Waals surface area contributed by atoms with Crippen molar-refractivity contribution >= 4 is 11.6 Å². The lowest BCUT2D eigenvalue weighted by atomic mass is 9.98. The SMILES string of the molecule is COc1cccc(C#N)c1NC(=O)[C@@H]1CCCNC1. The van der Waals surface area contributed by atoms with Crippen LogP contribution in [-0.2, 0) is 4.79 Å². The minimum Gasteiger partial charge on any atom is -0.495 e. The van der Waals surface area contributed by atoms with Crippen molar-refractivity contribution in [2.45, 2.75) is 12.8 Å². The van der Waals surface area contributed by atoms with E-state index >= 15 is 0 Å². The predicted molar refractivity (Wildman–Crippen MR) is 71.9 cm³/mol. The molecule has 1 aliphatic heterocycles. The number of para-hydroxylation sites is 1. The van der Waals surface area contributed by atoms with E-state index in [1.165, 1.54) is 7.11 Å². The second kappa shape index (κ2) is 6.21. The Kier molecular flexibility index (Phi) is 4.37. The fourth-order valence-corrected chi connectivity index (χ4v) is 2.22. The molecule has 0 aliphatic carbocycles. The fraction of sp³-hybridized carbons (Fsp3) is 0.429. The van der Waals surface area contributed by atoms with Gasteiger partial charge in [-0.2, -0.15) is 5.26 Å². The molecular weight excluding hydrogens is 242 g/mol. The number of methoxy groups -OCH3 is 1. The zero-order valence-corrected chi connectivity index (χ0v) is 10.9. The Morgan fingerprint density at radius 1 is 1.58 bits per heavy atom. The van der Waals surface area contributed by atoms with Gasteiger partial charge in [0, 0.05) is 6.54 Å². The summed E-state index contributed by atoms with van der Waals surface area (Å²) in [5.41, 5.74) is 0.875. The quantitative estimate of drug-likeness (QED) is 0.862. The molecule has 1 amide bonds. The summed E-state index contributed by atoms with van der Waals surface area (Å²) in [6.07, 6.45) is 1.87. The molecule has 1 saturated heterocycles. The van der Waals surface area contributed by atoms with E-state index in [1.807, 2.05) is 0 Å². The number of nitrogens with zero attached hydrogens (tertiary/aromatic N) is 1. The molecule has 19 heavy (non-hydrogen) atoms. The van der Waals surface area contributed by atoms with E-state index in [0.29, 0.717) is 23.5 Å². The third-order valence-corrected chi connectivity index (χ3v) is 3.28. The molecule has 1 fully saturated rings. The first-order valence-corrected chi connectivity index (χ1v) is 6.35. The van der Waals surface area contributed by atoms with Crippen LogP contribution in [0.2, 0.25) is 0 Å². The summed E-state index contributed by atoms with van der Waals surface area (Å²) in [5.74, 6) is 0.398. The molecule has 0 saturated carbocycles. The lowest BCUT2D eigenvalue weighted by Gasteiger charge is -2.22. The Labute approximate surface area is 112 Å². The molecule has 1 aliphatic rings. The summed E-state index contributed by atoms with van der Waals surface area (Å²) < 4.78 is 5.19. The molecule has 0 aromatic heterocycles. The van der Waals surface area contributed by atoms with Crippen molar-refractivity contribution in [1.82, 2.24) is 5.32 Å². The minimum atomic E-state index is -0.0619. The number of nitriles is 1. The summed E-state index contributed by atoms with van der Waals surface area (Å²) in [6.45, 7) is 1.64. The average molecular weight is 259 g/mol. The number of carbonyl (C=O) groups excluding carboxylic acids is 1. The Bertz CT molecular complexity index is 502. The summed E-state index contributed by atoms with van der Waals surface area (Å²) in [5, 5.41) is 15.1. The van der Waals surface area contributed by atoms with E-state index in [-0.39, 0.29) is 11.8 Å². The van der Waals surface area contributed by atoms with Crippen molar-refractivity contribution in [2.75, 3.05) is 25.5 Å². The van der Waals surface area contributed by atoms with Crippen molar-refractivity contribution in [3.63, 3.8) is 0 Å². The maximum absolute atomic E-state index is 12.2. The van der Waals surface area contributed by atoms with Crippen LogP contribution in [0.1, 0.15) is 18.4 Å². The van der Waals surface area contributed by atoms with Gasteiger partial charge in [-0.1, -0.05) is 6.07 Å². The molecular formula is C14H17N3O2. The highest BCUT2D eigenvalue weighted by Gasteiger charge is 2.22. The Morgan fingerprint density at radius 2 is 2.42 bits per heavy atom. The highest BCUT2D eigenvalue weighted by molar-refractivity contribution is 5.95. The van der Waals surface area contributed by atoms with Crippen molar-refractivity contribution in [3.8, 4) is 11.8 Å². The average Bonchev–Trinajstić information content (AvgIpc) is 2.48. The molecule has 1 aromatic carbocycles. The maximum Gasteiger partial charge on any atom is 0.228 e. The lowest BCUT2D eigenvalue weighted by Crippen LogP contribution is -2.37. The first-order valence-electron chi connectivity index (χ1n) is 6.35. The number of amides is 1. The molecule has 0 unspecified atom stereocenters. The van der Waals surface area contributed by atoms with E-state index in [2.05, 4.69) is 16.7 Å². The normalized spacial score (nSPS) is 18.4. The Balaban J connectivity index is 2.18. The number of nitrogens with one attached hydrogen (secondary N) is 2. The molecule has 0 bridgehead atoms. The predicted octanol–water partition coefficient (Wildman–Crippen LogP) is 1.50. The molecule has 1 aromatic rings. The number of anilines is 1. The van der Waals surface area contributed by atoms with E-state index in [9.17, 15) is 4.79 Å². The van der Waals surface area contributed by atoms with Crippen LogP contribution in [0, 0.1) is 17.2 Å². The van der Waals surface area contributed by atoms with Crippen LogP contribution in [0.15, 0.2) is 18.2 Å². The molecule has 1 heterocycles. The van der Waals surface area contributed by atoms with Gasteiger partial charge in [0.25, 0.3) is 0 Å². The maximum atomic E-state index is 12.2. The van der Waals surface area contributed by atoms with Crippen LogP contribution in [0.3, 0.4) is 0 Å². The fourth-order valence-electron chi connectivity index (χ4n) is 2.22. The smallest absolute Gasteiger partial charge is 0.228 e. The first kappa shape index (κ1) is 13.4. The number of carbonyl (C=O) groups is 1. The van der Waals surface area contributed by atoms with Gasteiger partial charge in [-0.3, -0.25) is 4.79 Å². The van der Waals surface area contributed by atoms with E-state index in [4.69, 9.17) is 10.00 Å². The second-order valence-corrected chi connectivity index (χ2v) is 4.53. The summed E-state index contributed by atoms with van der Waals surface area (Å²) in [6, 6.07) is 7.20. The first-order chi connectivity index (χ1) is 9.26. The number of piperidine rings is 1. The van der Waals surface area contributed by atoms with Gasteiger partial charge >= 0.3 is 0 Å². The monoisotopic (exact) mass is 259 g/mol. The molecule has 0 spiro atoms.